The normalized spacial score (nSPS) is 25.8. The van der Waals surface area contributed by atoms with Crippen molar-refractivity contribution >= 4 is 11.9 Å². The van der Waals surface area contributed by atoms with E-state index < -0.39 is 12.0 Å². The summed E-state index contributed by atoms with van der Waals surface area (Å²) < 4.78 is 0. The molecular formula is C13H24N2O3. The molecule has 5 nitrogen and oxygen atoms in total. The van der Waals surface area contributed by atoms with Gasteiger partial charge in [-0.25, -0.2) is 4.79 Å². The Bertz CT molecular complexity index is 307. The van der Waals surface area contributed by atoms with Crippen LogP contribution in [0.1, 0.15) is 33.6 Å². The Morgan fingerprint density at radius 2 is 2.17 bits per heavy atom. The molecule has 0 aromatic rings. The van der Waals surface area contributed by atoms with E-state index >= 15 is 0 Å². The first-order chi connectivity index (χ1) is 8.49. The molecular weight excluding hydrogens is 232 g/mol. The van der Waals surface area contributed by atoms with Gasteiger partial charge in [0.1, 0.15) is 6.04 Å². The van der Waals surface area contributed by atoms with Gasteiger partial charge in [0.25, 0.3) is 0 Å². The fraction of sp³-hybridized carbons (Fsp3) is 0.846. The Morgan fingerprint density at radius 3 is 2.72 bits per heavy atom. The minimum absolute atomic E-state index is 0.0338. The first-order valence-corrected chi connectivity index (χ1v) is 6.73. The molecule has 0 aliphatic carbocycles. The quantitative estimate of drug-likeness (QED) is 0.768. The Kier molecular flexibility index (Phi) is 5.59. The van der Waals surface area contributed by atoms with Gasteiger partial charge in [0.05, 0.1) is 0 Å². The van der Waals surface area contributed by atoms with Crippen molar-refractivity contribution in [3.8, 4) is 0 Å². The van der Waals surface area contributed by atoms with Gasteiger partial charge in [-0.1, -0.05) is 20.8 Å². The van der Waals surface area contributed by atoms with Crippen molar-refractivity contribution in [1.82, 2.24) is 10.2 Å². The number of carboxylic acid groups (broad SMARTS) is 1. The van der Waals surface area contributed by atoms with Crippen molar-refractivity contribution in [3.63, 3.8) is 0 Å². The zero-order chi connectivity index (χ0) is 13.7. The van der Waals surface area contributed by atoms with Crippen LogP contribution in [0.5, 0.6) is 0 Å². The molecule has 1 aliphatic heterocycles. The third-order valence-corrected chi connectivity index (χ3v) is 3.59. The Hall–Kier alpha value is -1.10. The van der Waals surface area contributed by atoms with E-state index in [2.05, 4.69) is 5.32 Å². The summed E-state index contributed by atoms with van der Waals surface area (Å²) in [4.78, 5) is 25.1. The van der Waals surface area contributed by atoms with E-state index in [1.807, 2.05) is 20.8 Å². The number of hydrogen-bond acceptors (Lipinski definition) is 3. The zero-order valence-electron chi connectivity index (χ0n) is 11.5. The van der Waals surface area contributed by atoms with Crippen LogP contribution in [0.15, 0.2) is 0 Å². The van der Waals surface area contributed by atoms with Crippen LogP contribution < -0.4 is 5.32 Å². The topological polar surface area (TPSA) is 69.6 Å². The smallest absolute Gasteiger partial charge is 0.326 e. The summed E-state index contributed by atoms with van der Waals surface area (Å²) in [5.41, 5.74) is 0. The molecule has 1 aliphatic rings. The lowest BCUT2D eigenvalue weighted by atomic mass is 9.90. The summed E-state index contributed by atoms with van der Waals surface area (Å²) in [6.07, 6.45) is 1.77. The lowest BCUT2D eigenvalue weighted by Crippen LogP contribution is -2.54. The van der Waals surface area contributed by atoms with Crippen LogP contribution in [0.3, 0.4) is 0 Å². The molecule has 0 radical (unpaired) electrons. The highest BCUT2D eigenvalue weighted by Crippen LogP contribution is 2.24. The van der Waals surface area contributed by atoms with Gasteiger partial charge in [0, 0.05) is 19.0 Å². The average Bonchev–Trinajstić information content (AvgIpc) is 2.34. The first kappa shape index (κ1) is 15.0. The molecule has 0 aromatic heterocycles. The average molecular weight is 256 g/mol. The number of aliphatic carboxylic acids is 1. The molecule has 18 heavy (non-hydrogen) atoms. The largest absolute Gasteiger partial charge is 0.480 e. The number of carbonyl (C=O) groups excluding carboxylic acids is 1. The molecule has 1 rings (SSSR count). The van der Waals surface area contributed by atoms with Crippen molar-refractivity contribution in [2.75, 3.05) is 19.6 Å². The van der Waals surface area contributed by atoms with Crippen LogP contribution in [0.2, 0.25) is 0 Å². The van der Waals surface area contributed by atoms with E-state index in [1.54, 1.807) is 4.90 Å². The minimum atomic E-state index is -0.883. The van der Waals surface area contributed by atoms with Gasteiger partial charge in [-0.05, 0) is 25.3 Å². The Labute approximate surface area is 109 Å². The number of piperidine rings is 1. The fourth-order valence-electron chi connectivity index (χ4n) is 2.54. The monoisotopic (exact) mass is 256 g/mol. The van der Waals surface area contributed by atoms with E-state index in [0.717, 1.165) is 19.4 Å². The van der Waals surface area contributed by atoms with Crippen molar-refractivity contribution in [2.45, 2.75) is 39.7 Å². The molecule has 1 fully saturated rings. The summed E-state index contributed by atoms with van der Waals surface area (Å²) in [7, 11) is 0. The summed E-state index contributed by atoms with van der Waals surface area (Å²) >= 11 is 0. The molecule has 1 amide bonds. The number of hydrogen-bond donors (Lipinski definition) is 2. The van der Waals surface area contributed by atoms with Crippen LogP contribution in [0, 0.1) is 11.8 Å². The van der Waals surface area contributed by atoms with Crippen LogP contribution in [0.4, 0.5) is 0 Å². The maximum absolute atomic E-state index is 12.3. The number of carbonyl (C=O) groups is 2. The third kappa shape index (κ3) is 3.45. The predicted octanol–water partition coefficient (Wildman–Crippen LogP) is 0.944. The van der Waals surface area contributed by atoms with Crippen LogP contribution >= 0.6 is 0 Å². The fourth-order valence-corrected chi connectivity index (χ4v) is 2.54. The molecule has 5 heteroatoms. The zero-order valence-corrected chi connectivity index (χ0v) is 11.5. The number of nitrogens with zero attached hydrogens (tertiary/aromatic N) is 1. The molecule has 2 N–H and O–H groups in total. The van der Waals surface area contributed by atoms with Gasteiger partial charge < -0.3 is 15.3 Å². The standard InChI is InChI=1S/C13H24N2O3/c1-4-14-8-10(3)12(16)15-7-5-6-9(2)11(15)13(17)18/h9-11,14H,4-8H2,1-3H3,(H,17,18). The number of rotatable bonds is 5. The lowest BCUT2D eigenvalue weighted by molar-refractivity contribution is -0.156. The van der Waals surface area contributed by atoms with Crippen LogP contribution in [-0.2, 0) is 9.59 Å². The minimum Gasteiger partial charge on any atom is -0.480 e. The molecule has 0 aromatic carbocycles. The highest BCUT2D eigenvalue weighted by molar-refractivity contribution is 5.85. The number of nitrogens with one attached hydrogen (secondary N) is 1. The Balaban J connectivity index is 2.71. The van der Waals surface area contributed by atoms with Crippen molar-refractivity contribution < 1.29 is 14.7 Å². The summed E-state index contributed by atoms with van der Waals surface area (Å²) in [5.74, 6) is -1.07. The van der Waals surface area contributed by atoms with Crippen molar-refractivity contribution in [3.05, 3.63) is 0 Å². The number of amides is 1. The summed E-state index contributed by atoms with van der Waals surface area (Å²) in [5, 5.41) is 12.4. The van der Waals surface area contributed by atoms with E-state index in [9.17, 15) is 14.7 Å². The molecule has 0 saturated carbocycles. The van der Waals surface area contributed by atoms with E-state index in [4.69, 9.17) is 0 Å². The van der Waals surface area contributed by atoms with Gasteiger partial charge in [-0.15, -0.1) is 0 Å². The second-order valence-electron chi connectivity index (χ2n) is 5.14. The highest BCUT2D eigenvalue weighted by atomic mass is 16.4. The highest BCUT2D eigenvalue weighted by Gasteiger charge is 2.38. The second-order valence-corrected chi connectivity index (χ2v) is 5.14. The summed E-state index contributed by atoms with van der Waals surface area (Å²) in [6, 6.07) is -0.657. The van der Waals surface area contributed by atoms with Gasteiger partial charge >= 0.3 is 5.97 Å². The summed E-state index contributed by atoms with van der Waals surface area (Å²) in [6.45, 7) is 7.73. The number of carboxylic acids is 1. The molecule has 3 atom stereocenters. The number of likely N-dealkylation sites (tertiary alicyclic amines) is 1. The van der Waals surface area contributed by atoms with Gasteiger partial charge in [-0.3, -0.25) is 4.79 Å². The van der Waals surface area contributed by atoms with Gasteiger partial charge in [0.15, 0.2) is 0 Å². The third-order valence-electron chi connectivity index (χ3n) is 3.59. The van der Waals surface area contributed by atoms with E-state index in [1.165, 1.54) is 0 Å². The molecule has 1 saturated heterocycles. The maximum Gasteiger partial charge on any atom is 0.326 e. The Morgan fingerprint density at radius 1 is 1.50 bits per heavy atom. The maximum atomic E-state index is 12.3. The van der Waals surface area contributed by atoms with Crippen molar-refractivity contribution in [1.29, 1.82) is 0 Å². The van der Waals surface area contributed by atoms with Crippen LogP contribution in [-0.4, -0.2) is 47.6 Å². The second kappa shape index (κ2) is 6.73. The van der Waals surface area contributed by atoms with Crippen molar-refractivity contribution in [2.24, 2.45) is 11.8 Å². The van der Waals surface area contributed by atoms with E-state index in [-0.39, 0.29) is 17.7 Å². The molecule has 0 spiro atoms. The lowest BCUT2D eigenvalue weighted by Gasteiger charge is -2.38. The molecule has 104 valence electrons. The first-order valence-electron chi connectivity index (χ1n) is 6.73. The van der Waals surface area contributed by atoms with Crippen LogP contribution in [0.25, 0.3) is 0 Å². The predicted molar refractivity (Wildman–Crippen MR) is 69.2 cm³/mol. The molecule has 0 bridgehead atoms. The van der Waals surface area contributed by atoms with Gasteiger partial charge in [0.2, 0.25) is 5.91 Å². The SMILES string of the molecule is CCNCC(C)C(=O)N1CCCC(C)C1C(=O)O. The van der Waals surface area contributed by atoms with Gasteiger partial charge in [-0.2, -0.15) is 0 Å². The molecule has 1 heterocycles. The van der Waals surface area contributed by atoms with E-state index in [0.29, 0.717) is 13.1 Å². The molecule has 3 unspecified atom stereocenters.